The molecule has 0 amide bonds. The molecule has 0 bridgehead atoms. The van der Waals surface area contributed by atoms with Crippen LogP contribution in [0.3, 0.4) is 0 Å². The summed E-state index contributed by atoms with van der Waals surface area (Å²) in [6, 6.07) is 0. The molecule has 12 nitrogen and oxygen atoms in total. The van der Waals surface area contributed by atoms with Crippen LogP contribution in [-0.4, -0.2) is 89.2 Å². The average Bonchev–Trinajstić information content (AvgIpc) is 3.53. The summed E-state index contributed by atoms with van der Waals surface area (Å²) in [6.45, 7) is 5.74. The van der Waals surface area contributed by atoms with Crippen LogP contribution < -0.4 is 0 Å². The molecule has 460 valence electrons. The van der Waals surface area contributed by atoms with Gasteiger partial charge in [-0.15, -0.1) is 0 Å². The Kier molecular flexibility index (Phi) is 51.3. The van der Waals surface area contributed by atoms with Gasteiger partial charge in [-0.05, 0) is 122 Å². The fraction of sp³-hybridized carbons (Fsp3) is 0.681. The molecule has 1 saturated heterocycles. The van der Waals surface area contributed by atoms with E-state index in [1.54, 1.807) is 0 Å². The zero-order valence-corrected chi connectivity index (χ0v) is 50.7. The van der Waals surface area contributed by atoms with Gasteiger partial charge in [0, 0.05) is 19.3 Å². The molecule has 0 spiro atoms. The van der Waals surface area contributed by atoms with E-state index >= 15 is 0 Å². The fourth-order valence-corrected chi connectivity index (χ4v) is 8.99. The lowest BCUT2D eigenvalue weighted by Gasteiger charge is -2.40. The zero-order chi connectivity index (χ0) is 58.9. The Hall–Kier alpha value is -4.62. The SMILES string of the molecule is CC/C=C\C/C=C\C/C=C\C/C=C\C/C=C\CCCCCC(=O)OCC(COC1OC(C(=O)O)C(O)C(O)C1OC(=O)CCCCCCCCC/C=C\C/C=C\C/C=C\CC)OC(=O)CCCCCCC/C=C\CCCCCCCC. The monoisotopic (exact) mass is 1130 g/mol. The number of aliphatic hydroxyl groups excluding tert-OH is 2. The first-order valence-corrected chi connectivity index (χ1v) is 31.9. The highest BCUT2D eigenvalue weighted by Gasteiger charge is 2.50. The number of carbonyl (C=O) groups is 4. The molecule has 1 fully saturated rings. The number of ether oxygens (including phenoxy) is 5. The zero-order valence-electron chi connectivity index (χ0n) is 50.7. The Labute approximate surface area is 491 Å². The Morgan fingerprint density at radius 1 is 0.420 bits per heavy atom. The lowest BCUT2D eigenvalue weighted by atomic mass is 9.98. The molecular weight excluding hydrogens is 1020 g/mol. The maximum Gasteiger partial charge on any atom is 0.335 e. The van der Waals surface area contributed by atoms with Crippen molar-refractivity contribution in [3.05, 3.63) is 109 Å². The van der Waals surface area contributed by atoms with Crippen LogP contribution in [-0.2, 0) is 42.9 Å². The molecule has 1 aliphatic rings. The molecule has 1 aliphatic heterocycles. The number of hydrogen-bond donors (Lipinski definition) is 3. The molecule has 0 aromatic heterocycles. The number of esters is 3. The van der Waals surface area contributed by atoms with E-state index in [0.29, 0.717) is 19.3 Å². The number of unbranched alkanes of at least 4 members (excludes halogenated alkanes) is 21. The van der Waals surface area contributed by atoms with Gasteiger partial charge >= 0.3 is 23.9 Å². The second-order valence-electron chi connectivity index (χ2n) is 21.3. The predicted molar refractivity (Wildman–Crippen MR) is 330 cm³/mol. The van der Waals surface area contributed by atoms with Crippen molar-refractivity contribution < 1.29 is 58.2 Å². The largest absolute Gasteiger partial charge is 0.479 e. The van der Waals surface area contributed by atoms with Crippen LogP contribution in [0.15, 0.2) is 109 Å². The molecular formula is C69H112O12. The summed E-state index contributed by atoms with van der Waals surface area (Å²) >= 11 is 0. The van der Waals surface area contributed by atoms with Crippen molar-refractivity contribution in [2.24, 2.45) is 0 Å². The molecule has 0 aromatic rings. The van der Waals surface area contributed by atoms with Crippen molar-refractivity contribution in [1.82, 2.24) is 0 Å². The van der Waals surface area contributed by atoms with Crippen LogP contribution in [0.4, 0.5) is 0 Å². The number of carbonyl (C=O) groups excluding carboxylic acids is 3. The quantitative estimate of drug-likeness (QED) is 0.0228. The van der Waals surface area contributed by atoms with Gasteiger partial charge in [0.1, 0.15) is 18.8 Å². The van der Waals surface area contributed by atoms with Crippen molar-refractivity contribution in [1.29, 1.82) is 0 Å². The Morgan fingerprint density at radius 3 is 1.21 bits per heavy atom. The fourth-order valence-electron chi connectivity index (χ4n) is 8.99. The summed E-state index contributed by atoms with van der Waals surface area (Å²) in [6.07, 6.45) is 63.3. The smallest absolute Gasteiger partial charge is 0.335 e. The van der Waals surface area contributed by atoms with Crippen LogP contribution in [0.25, 0.3) is 0 Å². The molecule has 0 radical (unpaired) electrons. The average molecular weight is 1130 g/mol. The summed E-state index contributed by atoms with van der Waals surface area (Å²) in [5.74, 6) is -3.19. The van der Waals surface area contributed by atoms with Crippen LogP contribution in [0.2, 0.25) is 0 Å². The van der Waals surface area contributed by atoms with Crippen LogP contribution in [0.5, 0.6) is 0 Å². The number of allylic oxidation sites excluding steroid dienone is 18. The molecule has 6 atom stereocenters. The molecule has 81 heavy (non-hydrogen) atoms. The first-order valence-electron chi connectivity index (χ1n) is 31.9. The third-order valence-corrected chi connectivity index (χ3v) is 13.8. The summed E-state index contributed by atoms with van der Waals surface area (Å²) in [4.78, 5) is 51.3. The number of carboxylic acid groups (broad SMARTS) is 1. The van der Waals surface area contributed by atoms with E-state index < -0.39 is 67.3 Å². The maximum atomic E-state index is 13.2. The third kappa shape index (κ3) is 45.6. The minimum Gasteiger partial charge on any atom is -0.479 e. The minimum absolute atomic E-state index is 0.0401. The lowest BCUT2D eigenvalue weighted by Crippen LogP contribution is -2.61. The number of aliphatic carboxylic acids is 1. The van der Waals surface area contributed by atoms with Gasteiger partial charge in [0.05, 0.1) is 6.61 Å². The Bertz CT molecular complexity index is 1820. The topological polar surface area (TPSA) is 175 Å². The highest BCUT2D eigenvalue weighted by atomic mass is 16.7. The predicted octanol–water partition coefficient (Wildman–Crippen LogP) is 17.0. The summed E-state index contributed by atoms with van der Waals surface area (Å²) in [5.41, 5.74) is 0. The van der Waals surface area contributed by atoms with Crippen molar-refractivity contribution in [3.8, 4) is 0 Å². The van der Waals surface area contributed by atoms with E-state index in [4.69, 9.17) is 23.7 Å². The summed E-state index contributed by atoms with van der Waals surface area (Å²) in [7, 11) is 0. The molecule has 12 heteroatoms. The van der Waals surface area contributed by atoms with E-state index in [9.17, 15) is 34.5 Å². The summed E-state index contributed by atoms with van der Waals surface area (Å²) in [5, 5.41) is 31.6. The van der Waals surface area contributed by atoms with Gasteiger partial charge in [0.25, 0.3) is 0 Å². The first kappa shape index (κ1) is 74.4. The van der Waals surface area contributed by atoms with Gasteiger partial charge in [-0.1, -0.05) is 220 Å². The van der Waals surface area contributed by atoms with Gasteiger partial charge in [0.15, 0.2) is 24.6 Å². The van der Waals surface area contributed by atoms with Crippen molar-refractivity contribution in [2.75, 3.05) is 13.2 Å². The molecule has 0 saturated carbocycles. The third-order valence-electron chi connectivity index (χ3n) is 13.8. The molecule has 1 heterocycles. The number of rotatable bonds is 53. The lowest BCUT2D eigenvalue weighted by molar-refractivity contribution is -0.301. The van der Waals surface area contributed by atoms with E-state index in [2.05, 4.69) is 130 Å². The van der Waals surface area contributed by atoms with Crippen LogP contribution in [0, 0.1) is 0 Å². The normalized spacial score (nSPS) is 18.5. The Morgan fingerprint density at radius 2 is 0.778 bits per heavy atom. The van der Waals surface area contributed by atoms with Crippen molar-refractivity contribution in [3.63, 3.8) is 0 Å². The van der Waals surface area contributed by atoms with Crippen LogP contribution >= 0.6 is 0 Å². The summed E-state index contributed by atoms with van der Waals surface area (Å²) < 4.78 is 28.5. The Balaban J connectivity index is 2.70. The van der Waals surface area contributed by atoms with Gasteiger partial charge in [-0.25, -0.2) is 4.79 Å². The van der Waals surface area contributed by atoms with Crippen molar-refractivity contribution >= 4 is 23.9 Å². The van der Waals surface area contributed by atoms with E-state index in [0.717, 1.165) is 154 Å². The molecule has 6 unspecified atom stereocenters. The van der Waals surface area contributed by atoms with Gasteiger partial charge in [-0.3, -0.25) is 14.4 Å². The molecule has 1 rings (SSSR count). The van der Waals surface area contributed by atoms with E-state index in [1.807, 2.05) is 0 Å². The van der Waals surface area contributed by atoms with Gasteiger partial charge in [0.2, 0.25) is 0 Å². The first-order chi connectivity index (χ1) is 39.6. The van der Waals surface area contributed by atoms with Crippen LogP contribution in [0.1, 0.15) is 252 Å². The highest BCUT2D eigenvalue weighted by Crippen LogP contribution is 2.26. The number of aliphatic hydroxyl groups is 2. The van der Waals surface area contributed by atoms with Crippen molar-refractivity contribution in [2.45, 2.75) is 289 Å². The van der Waals surface area contributed by atoms with Gasteiger partial charge in [-0.2, -0.15) is 0 Å². The second-order valence-corrected chi connectivity index (χ2v) is 21.3. The minimum atomic E-state index is -1.92. The second kappa shape index (κ2) is 55.9. The van der Waals surface area contributed by atoms with E-state index in [-0.39, 0.29) is 25.9 Å². The van der Waals surface area contributed by atoms with Gasteiger partial charge < -0.3 is 39.0 Å². The molecule has 0 aromatic carbocycles. The maximum absolute atomic E-state index is 13.2. The standard InChI is InChI=1S/C69H112O12/c1-4-7-10-13-16-19-22-25-28-30-31-33-35-37-40-43-46-49-52-55-61(70)77-58-60(79-62(71)56-53-50-47-44-41-38-34-27-24-21-18-15-12-9-6-3)59-78-69-67(65(74)64(73)66(81-69)68(75)76)80-63(72)57-54-51-48-45-42-39-36-32-29-26-23-20-17-14-11-8-5-2/h7-8,10-11,16-17,19-20,25-29,31,33-34,37,40,60,64-67,69,73-74H,4-6,9,12-15,18,21-24,30,32,35-36,38-39,41-59H2,1-3H3,(H,75,76)/b10-7-,11-8-,19-16-,20-17-,28-25-,29-26-,33-31-,34-27-,40-37-. The molecule has 0 aliphatic carbocycles. The van der Waals surface area contributed by atoms with E-state index in [1.165, 1.54) is 38.5 Å². The molecule has 3 N–H and O–H groups in total. The number of hydrogen-bond acceptors (Lipinski definition) is 11. The highest BCUT2D eigenvalue weighted by molar-refractivity contribution is 5.74. The number of carboxylic acids is 1.